The minimum Gasteiger partial charge on any atom is -0.389 e. The summed E-state index contributed by atoms with van der Waals surface area (Å²) in [4.78, 5) is 11.6. The van der Waals surface area contributed by atoms with Crippen LogP contribution in [0.15, 0.2) is 0 Å². The summed E-state index contributed by atoms with van der Waals surface area (Å²) >= 11 is 9.68. The third kappa shape index (κ3) is 5.48. The van der Waals surface area contributed by atoms with Crippen LogP contribution in [0.1, 0.15) is 52.4 Å². The van der Waals surface area contributed by atoms with Gasteiger partial charge in [0, 0.05) is 97.2 Å². The van der Waals surface area contributed by atoms with Gasteiger partial charge in [0.25, 0.3) is 0 Å². The molecule has 2 aliphatic carbocycles. The number of Topliss-reactive ketones (excluding diaryl/α,β-unsaturated/α-hetero) is 1. The number of rotatable bonds is 0. The number of aliphatic hydroxyl groups is 1. The second-order valence-electron chi connectivity index (χ2n) is 5.73. The van der Waals surface area contributed by atoms with Crippen molar-refractivity contribution in [2.45, 2.75) is 58.0 Å². The maximum atomic E-state index is 11.6. The molecule has 3 atom stereocenters. The molecule has 0 bridgehead atoms. The number of carbonyl (C=O) groups excluding carboxylic acids is 1. The highest BCUT2D eigenvalue weighted by atomic mass is 127. The number of ketones is 1. The molecule has 0 spiro atoms. The Hall–Kier alpha value is 2.90. The van der Waals surface area contributed by atoms with E-state index in [4.69, 9.17) is 0 Å². The monoisotopic (exact) mass is 736 g/mol. The Labute approximate surface area is 166 Å². The molecule has 2 nitrogen and oxygen atoms in total. The quantitative estimate of drug-likeness (QED) is 0.289. The van der Waals surface area contributed by atoms with Crippen LogP contribution in [0.4, 0.5) is 0 Å². The van der Waals surface area contributed by atoms with E-state index in [1.165, 1.54) is 6.42 Å². The lowest BCUT2D eigenvalue weighted by atomic mass is 9.53. The van der Waals surface area contributed by atoms with Gasteiger partial charge >= 0.3 is 0 Å². The SMILES string of the molecule is C[C@H]1C(=O)CC[C@@]2(C)CCCC[C@@]12O.IS(I)(I)I. The minimum absolute atomic E-state index is 0.00141. The Balaban J connectivity index is 0.000000312. The third-order valence-electron chi connectivity index (χ3n) is 4.70. The van der Waals surface area contributed by atoms with Crippen molar-refractivity contribution in [3.63, 3.8) is 0 Å². The van der Waals surface area contributed by atoms with Crippen LogP contribution in [0.2, 0.25) is 0 Å². The molecular formula is C12H20I4O2S. The van der Waals surface area contributed by atoms with Gasteiger partial charge in [0.05, 0.1) is 5.60 Å². The molecule has 0 unspecified atom stereocenters. The minimum atomic E-state index is -0.708. The average Bonchev–Trinajstić information content (AvgIpc) is 2.26. The van der Waals surface area contributed by atoms with Crippen molar-refractivity contribution in [3.8, 4) is 0 Å². The fraction of sp³-hybridized carbons (Fsp3) is 0.917. The van der Waals surface area contributed by atoms with Gasteiger partial charge in [-0.3, -0.25) is 4.79 Å². The topological polar surface area (TPSA) is 37.3 Å². The van der Waals surface area contributed by atoms with Crippen molar-refractivity contribution in [3.05, 3.63) is 0 Å². The summed E-state index contributed by atoms with van der Waals surface area (Å²) in [5.74, 6) is 0.105. The molecule has 1 N–H and O–H groups in total. The molecule has 0 aromatic carbocycles. The predicted molar refractivity (Wildman–Crippen MR) is 119 cm³/mol. The molecule has 0 amide bonds. The fourth-order valence-electron chi connectivity index (χ4n) is 3.39. The zero-order valence-corrected chi connectivity index (χ0v) is 20.5. The third-order valence-corrected chi connectivity index (χ3v) is 4.70. The van der Waals surface area contributed by atoms with Crippen molar-refractivity contribution in [2.24, 2.45) is 11.3 Å². The first kappa shape index (κ1) is 19.9. The molecule has 0 aromatic heterocycles. The lowest BCUT2D eigenvalue weighted by Crippen LogP contribution is -2.58. The van der Waals surface area contributed by atoms with Crippen molar-refractivity contribution in [1.29, 1.82) is 0 Å². The van der Waals surface area contributed by atoms with Gasteiger partial charge in [-0.1, -0.05) is 26.7 Å². The molecular weight excluding hydrogens is 716 g/mol. The largest absolute Gasteiger partial charge is 0.389 e. The van der Waals surface area contributed by atoms with Crippen LogP contribution in [0.25, 0.3) is 0 Å². The zero-order valence-electron chi connectivity index (χ0n) is 11.1. The summed E-state index contributed by atoms with van der Waals surface area (Å²) in [6.07, 6.45) is 5.73. The lowest BCUT2D eigenvalue weighted by molar-refractivity contribution is -0.175. The molecule has 0 heterocycles. The van der Waals surface area contributed by atoms with Gasteiger partial charge in [-0.15, -0.1) is 0 Å². The fourth-order valence-corrected chi connectivity index (χ4v) is 3.39. The smallest absolute Gasteiger partial charge is 0.138 e. The Bertz CT molecular complexity index is 341. The molecule has 0 aliphatic heterocycles. The Morgan fingerprint density at radius 1 is 1.16 bits per heavy atom. The molecule has 2 aliphatic rings. The van der Waals surface area contributed by atoms with Crippen LogP contribution < -0.4 is 0 Å². The second kappa shape index (κ2) is 7.65. The van der Waals surface area contributed by atoms with Gasteiger partial charge in [0.2, 0.25) is 0 Å². The van der Waals surface area contributed by atoms with Gasteiger partial charge in [0.15, 0.2) is 0 Å². The van der Waals surface area contributed by atoms with Crippen molar-refractivity contribution in [2.75, 3.05) is 0 Å². The normalized spacial score (nSPS) is 39.9. The van der Waals surface area contributed by atoms with E-state index in [9.17, 15) is 9.90 Å². The van der Waals surface area contributed by atoms with E-state index in [-0.39, 0.29) is 15.8 Å². The predicted octanol–water partition coefficient (Wildman–Crippen LogP) is 6.49. The van der Waals surface area contributed by atoms with Crippen molar-refractivity contribution < 1.29 is 9.90 Å². The first-order valence-electron chi connectivity index (χ1n) is 6.36. The van der Waals surface area contributed by atoms with Crippen molar-refractivity contribution in [1.82, 2.24) is 0 Å². The van der Waals surface area contributed by atoms with Gasteiger partial charge in [-0.2, -0.15) is 0 Å². The van der Waals surface area contributed by atoms with Crippen LogP contribution in [0, 0.1) is 11.3 Å². The van der Waals surface area contributed by atoms with Crippen molar-refractivity contribution >= 4 is 89.3 Å². The molecule has 2 saturated carbocycles. The molecule has 0 radical (unpaired) electrons. The van der Waals surface area contributed by atoms with Gasteiger partial charge in [0.1, 0.15) is 5.78 Å². The molecule has 2 fully saturated rings. The van der Waals surface area contributed by atoms with E-state index in [0.29, 0.717) is 6.42 Å². The molecule has 7 heteroatoms. The number of hydrogen-bond donors (Lipinski definition) is 1. The maximum absolute atomic E-state index is 11.6. The Kier molecular flexibility index (Phi) is 8.03. The summed E-state index contributed by atoms with van der Waals surface area (Å²) in [6, 6.07) is 0. The van der Waals surface area contributed by atoms with Gasteiger partial charge in [-0.05, 0) is 23.4 Å². The van der Waals surface area contributed by atoms with Crippen LogP contribution >= 0.6 is 83.5 Å². The summed E-state index contributed by atoms with van der Waals surface area (Å²) in [6.45, 7) is 4.07. The molecule has 0 saturated heterocycles. The number of carbonyl (C=O) groups is 1. The van der Waals surface area contributed by atoms with E-state index in [0.717, 1.165) is 25.7 Å². The number of hydrogen-bond acceptors (Lipinski definition) is 2. The zero-order chi connectivity index (χ0) is 14.9. The maximum Gasteiger partial charge on any atom is 0.138 e. The summed E-state index contributed by atoms with van der Waals surface area (Å²) in [5.41, 5.74) is -0.709. The van der Waals surface area contributed by atoms with Gasteiger partial charge in [-0.25, -0.2) is 0 Å². The van der Waals surface area contributed by atoms with E-state index in [1.807, 2.05) is 6.92 Å². The summed E-state index contributed by atoms with van der Waals surface area (Å²) in [7, 11) is 0. The van der Waals surface area contributed by atoms with Crippen LogP contribution in [-0.4, -0.2) is 16.5 Å². The lowest BCUT2D eigenvalue weighted by Gasteiger charge is -2.54. The summed E-state index contributed by atoms with van der Waals surface area (Å²) < 4.78 is -0.287. The highest BCUT2D eigenvalue weighted by Crippen LogP contribution is 2.77. The molecule has 0 aromatic rings. The standard InChI is InChI=1S/C12H20O2.I4S/c1-9-10(13)5-8-11(2)6-3-4-7-12(9,11)14;1-5(2,3)4/h9,14H,3-8H2,1-2H3;/t9-,11+,12+;/m0./s1. The van der Waals surface area contributed by atoms with Crippen LogP contribution in [-0.2, 0) is 4.79 Å². The van der Waals surface area contributed by atoms with Gasteiger partial charge < -0.3 is 5.11 Å². The number of halogens is 4. The molecule has 2 rings (SSSR count). The van der Waals surface area contributed by atoms with E-state index in [2.05, 4.69) is 91.7 Å². The Morgan fingerprint density at radius 3 is 2.16 bits per heavy atom. The number of fused-ring (bicyclic) bond motifs is 1. The molecule has 114 valence electrons. The van der Waals surface area contributed by atoms with E-state index < -0.39 is 5.60 Å². The second-order valence-corrected chi connectivity index (χ2v) is 52.6. The summed E-state index contributed by atoms with van der Waals surface area (Å²) in [5, 5.41) is 10.7. The van der Waals surface area contributed by atoms with Crippen LogP contribution in [0.3, 0.4) is 0 Å². The highest BCUT2D eigenvalue weighted by Gasteiger charge is 2.55. The van der Waals surface area contributed by atoms with E-state index >= 15 is 0 Å². The van der Waals surface area contributed by atoms with E-state index in [1.54, 1.807) is 0 Å². The average molecular weight is 736 g/mol. The first-order valence-corrected chi connectivity index (χ1v) is 18.2. The first-order chi connectivity index (χ1) is 8.50. The van der Waals surface area contributed by atoms with Crippen LogP contribution in [0.5, 0.6) is 0 Å². The molecule has 19 heavy (non-hydrogen) atoms. The Morgan fingerprint density at radius 2 is 1.63 bits per heavy atom. The highest BCUT2D eigenvalue weighted by molar-refractivity contribution is 14.6.